The average molecular weight is 408 g/mol. The molecule has 4 aromatic rings. The van der Waals surface area contributed by atoms with Gasteiger partial charge in [0.05, 0.1) is 0 Å². The Balaban J connectivity index is 1.72. The summed E-state index contributed by atoms with van der Waals surface area (Å²) in [5.41, 5.74) is 3.57. The van der Waals surface area contributed by atoms with Crippen molar-refractivity contribution in [2.45, 2.75) is 19.4 Å². The molecule has 0 fully saturated rings. The molecule has 4 rings (SSSR count). The molecule has 0 saturated carbocycles. The van der Waals surface area contributed by atoms with Crippen molar-refractivity contribution in [1.29, 1.82) is 0 Å². The fraction of sp³-hybridized carbons (Fsp3) is 0.130. The number of nitrogens with zero attached hydrogens (tertiary/aromatic N) is 2. The average Bonchev–Trinajstić information content (AvgIpc) is 3.24. The molecule has 0 spiro atoms. The van der Waals surface area contributed by atoms with E-state index in [0.717, 1.165) is 17.7 Å². The topological polar surface area (TPSA) is 51.0 Å². The quantitative estimate of drug-likeness (QED) is 0.408. The SMILES string of the molecule is CCc1ccc(NC(c2nnc(-c3ccccc3)o2)c2ccc(F)cc2Cl)cc1. The van der Waals surface area contributed by atoms with Crippen molar-refractivity contribution >= 4 is 17.3 Å². The number of hydrogen-bond donors (Lipinski definition) is 1. The van der Waals surface area contributed by atoms with Crippen LogP contribution >= 0.6 is 11.6 Å². The molecule has 0 aliphatic carbocycles. The van der Waals surface area contributed by atoms with Crippen molar-refractivity contribution < 1.29 is 8.81 Å². The summed E-state index contributed by atoms with van der Waals surface area (Å²) in [6, 6.07) is 21.3. The van der Waals surface area contributed by atoms with E-state index in [1.54, 1.807) is 6.07 Å². The van der Waals surface area contributed by atoms with Crippen LogP contribution in [0.3, 0.4) is 0 Å². The first-order valence-electron chi connectivity index (χ1n) is 9.33. The van der Waals surface area contributed by atoms with Crippen LogP contribution in [0.15, 0.2) is 77.2 Å². The van der Waals surface area contributed by atoms with Gasteiger partial charge in [0.15, 0.2) is 0 Å². The molecule has 146 valence electrons. The third-order valence-electron chi connectivity index (χ3n) is 4.66. The molecule has 1 heterocycles. The Morgan fingerprint density at radius 3 is 2.45 bits per heavy atom. The van der Waals surface area contributed by atoms with Gasteiger partial charge >= 0.3 is 0 Å². The maximum absolute atomic E-state index is 13.6. The van der Waals surface area contributed by atoms with Gasteiger partial charge in [-0.25, -0.2) is 4.39 Å². The summed E-state index contributed by atoms with van der Waals surface area (Å²) in [7, 11) is 0. The zero-order chi connectivity index (χ0) is 20.2. The Bertz CT molecular complexity index is 1100. The van der Waals surface area contributed by atoms with E-state index >= 15 is 0 Å². The Hall–Kier alpha value is -3.18. The number of aryl methyl sites for hydroxylation is 1. The second-order valence-corrected chi connectivity index (χ2v) is 7.01. The Labute approximate surface area is 173 Å². The smallest absolute Gasteiger partial charge is 0.247 e. The van der Waals surface area contributed by atoms with Crippen LogP contribution in [0, 0.1) is 5.82 Å². The Morgan fingerprint density at radius 1 is 1.00 bits per heavy atom. The summed E-state index contributed by atoms with van der Waals surface area (Å²) in [5.74, 6) is 0.351. The van der Waals surface area contributed by atoms with Crippen molar-refractivity contribution in [2.75, 3.05) is 5.32 Å². The number of nitrogens with one attached hydrogen (secondary N) is 1. The lowest BCUT2D eigenvalue weighted by Gasteiger charge is -2.18. The van der Waals surface area contributed by atoms with Crippen LogP contribution in [0.25, 0.3) is 11.5 Å². The maximum Gasteiger partial charge on any atom is 0.247 e. The van der Waals surface area contributed by atoms with Crippen LogP contribution < -0.4 is 5.32 Å². The standard InChI is InChI=1S/C23H19ClFN3O/c1-2-15-8-11-18(12-9-15)26-21(19-13-10-17(25)14-20(19)24)23-28-27-22(29-23)16-6-4-3-5-7-16/h3-14,21,26H,2H2,1H3. The van der Waals surface area contributed by atoms with E-state index in [1.165, 1.54) is 17.7 Å². The number of anilines is 1. The summed E-state index contributed by atoms with van der Waals surface area (Å²) >= 11 is 6.34. The zero-order valence-electron chi connectivity index (χ0n) is 15.8. The number of benzene rings is 3. The first-order valence-corrected chi connectivity index (χ1v) is 9.71. The highest BCUT2D eigenvalue weighted by atomic mass is 35.5. The minimum Gasteiger partial charge on any atom is -0.418 e. The van der Waals surface area contributed by atoms with Crippen molar-refractivity contribution in [1.82, 2.24) is 10.2 Å². The van der Waals surface area contributed by atoms with Gasteiger partial charge in [0.2, 0.25) is 11.8 Å². The molecule has 29 heavy (non-hydrogen) atoms. The number of hydrogen-bond acceptors (Lipinski definition) is 4. The molecule has 0 aliphatic heterocycles. The largest absolute Gasteiger partial charge is 0.418 e. The first-order chi connectivity index (χ1) is 14.1. The van der Waals surface area contributed by atoms with Crippen LogP contribution in [0.2, 0.25) is 5.02 Å². The summed E-state index contributed by atoms with van der Waals surface area (Å²) < 4.78 is 19.5. The Morgan fingerprint density at radius 2 is 1.76 bits per heavy atom. The first kappa shape index (κ1) is 19.2. The van der Waals surface area contributed by atoms with E-state index in [-0.39, 0.29) is 5.02 Å². The lowest BCUT2D eigenvalue weighted by molar-refractivity contribution is 0.494. The predicted octanol–water partition coefficient (Wildman–Crippen LogP) is 6.29. The molecule has 0 amide bonds. The number of rotatable bonds is 6. The van der Waals surface area contributed by atoms with E-state index < -0.39 is 11.9 Å². The molecular formula is C23H19ClFN3O. The molecule has 6 heteroatoms. The van der Waals surface area contributed by atoms with Crippen LogP contribution in [0.4, 0.5) is 10.1 Å². The summed E-state index contributed by atoms with van der Waals surface area (Å²) in [4.78, 5) is 0. The molecule has 4 nitrogen and oxygen atoms in total. The van der Waals surface area contributed by atoms with E-state index in [4.69, 9.17) is 16.0 Å². The third-order valence-corrected chi connectivity index (χ3v) is 4.98. The lowest BCUT2D eigenvalue weighted by atomic mass is 10.1. The van der Waals surface area contributed by atoms with Gasteiger partial charge in [-0.15, -0.1) is 10.2 Å². The van der Waals surface area contributed by atoms with Gasteiger partial charge in [-0.3, -0.25) is 0 Å². The van der Waals surface area contributed by atoms with Crippen molar-refractivity contribution in [3.05, 3.63) is 101 Å². The minimum atomic E-state index is -0.527. The predicted molar refractivity (Wildman–Crippen MR) is 112 cm³/mol. The molecule has 1 N–H and O–H groups in total. The van der Waals surface area contributed by atoms with Gasteiger partial charge < -0.3 is 9.73 Å². The molecule has 1 atom stereocenters. The van der Waals surface area contributed by atoms with Crippen molar-refractivity contribution in [3.63, 3.8) is 0 Å². The molecule has 3 aromatic carbocycles. The van der Waals surface area contributed by atoms with Gasteiger partial charge in [-0.1, -0.05) is 54.9 Å². The molecule has 0 aliphatic rings. The highest BCUT2D eigenvalue weighted by Gasteiger charge is 2.24. The zero-order valence-corrected chi connectivity index (χ0v) is 16.5. The molecule has 0 saturated heterocycles. The van der Waals surface area contributed by atoms with E-state index in [1.807, 2.05) is 42.5 Å². The van der Waals surface area contributed by atoms with E-state index in [0.29, 0.717) is 17.3 Å². The second-order valence-electron chi connectivity index (χ2n) is 6.61. The highest BCUT2D eigenvalue weighted by molar-refractivity contribution is 6.31. The van der Waals surface area contributed by atoms with E-state index in [2.05, 4.69) is 34.6 Å². The van der Waals surface area contributed by atoms with Crippen LogP contribution in [-0.2, 0) is 6.42 Å². The number of aromatic nitrogens is 2. The monoisotopic (exact) mass is 407 g/mol. The lowest BCUT2D eigenvalue weighted by Crippen LogP contribution is -2.13. The molecule has 0 radical (unpaired) electrons. The maximum atomic E-state index is 13.6. The van der Waals surface area contributed by atoms with Gasteiger partial charge in [0.1, 0.15) is 11.9 Å². The summed E-state index contributed by atoms with van der Waals surface area (Å²) in [6.45, 7) is 2.10. The third kappa shape index (κ3) is 4.30. The normalized spacial score (nSPS) is 12.0. The minimum absolute atomic E-state index is 0.284. The van der Waals surface area contributed by atoms with Crippen LogP contribution in [0.1, 0.15) is 30.0 Å². The van der Waals surface area contributed by atoms with Gasteiger partial charge in [0.25, 0.3) is 0 Å². The van der Waals surface area contributed by atoms with Crippen molar-refractivity contribution in [2.24, 2.45) is 0 Å². The van der Waals surface area contributed by atoms with Gasteiger partial charge in [-0.05, 0) is 48.4 Å². The van der Waals surface area contributed by atoms with Crippen LogP contribution in [0.5, 0.6) is 0 Å². The molecular weight excluding hydrogens is 389 g/mol. The van der Waals surface area contributed by atoms with Gasteiger partial charge in [-0.2, -0.15) is 0 Å². The highest BCUT2D eigenvalue weighted by Crippen LogP contribution is 2.33. The fourth-order valence-corrected chi connectivity index (χ4v) is 3.34. The molecule has 0 bridgehead atoms. The summed E-state index contributed by atoms with van der Waals surface area (Å²) in [5, 5.41) is 12.1. The van der Waals surface area contributed by atoms with Crippen LogP contribution in [-0.4, -0.2) is 10.2 Å². The fourth-order valence-electron chi connectivity index (χ4n) is 3.06. The van der Waals surface area contributed by atoms with Gasteiger partial charge in [0, 0.05) is 21.8 Å². The summed E-state index contributed by atoms with van der Waals surface area (Å²) in [6.07, 6.45) is 0.956. The second kappa shape index (κ2) is 8.45. The van der Waals surface area contributed by atoms with E-state index in [9.17, 15) is 4.39 Å². The molecule has 1 aromatic heterocycles. The molecule has 1 unspecified atom stereocenters. The number of halogens is 2. The van der Waals surface area contributed by atoms with Crippen molar-refractivity contribution in [3.8, 4) is 11.5 Å². The Kier molecular flexibility index (Phi) is 5.58.